The second-order valence-electron chi connectivity index (χ2n) is 4.84. The first-order valence-corrected chi connectivity index (χ1v) is 5.96. The first-order valence-electron chi connectivity index (χ1n) is 5.96. The molecule has 0 aliphatic rings. The number of rotatable bonds is 3. The number of H-pyrrole nitrogens is 1. The number of hydrogen-bond acceptors (Lipinski definition) is 2. The highest BCUT2D eigenvalue weighted by atomic mass is 15.1. The van der Waals surface area contributed by atoms with Crippen LogP contribution in [0.5, 0.6) is 0 Å². The molecule has 0 radical (unpaired) electrons. The Hall–Kier alpha value is -1.61. The van der Waals surface area contributed by atoms with Crippen molar-refractivity contribution >= 4 is 0 Å². The molecule has 90 valence electrons. The van der Waals surface area contributed by atoms with Crippen molar-refractivity contribution in [1.29, 1.82) is 0 Å². The van der Waals surface area contributed by atoms with Gasteiger partial charge in [0.2, 0.25) is 0 Å². The molecule has 1 unspecified atom stereocenters. The summed E-state index contributed by atoms with van der Waals surface area (Å²) in [5, 5.41) is 7.34. The van der Waals surface area contributed by atoms with Crippen LogP contribution in [-0.2, 0) is 0 Å². The zero-order valence-electron chi connectivity index (χ0n) is 10.6. The van der Waals surface area contributed by atoms with Crippen molar-refractivity contribution in [3.63, 3.8) is 0 Å². The van der Waals surface area contributed by atoms with Crippen LogP contribution in [0, 0.1) is 12.8 Å². The minimum absolute atomic E-state index is 0.0155. The lowest BCUT2D eigenvalue weighted by molar-refractivity contribution is 0.502. The lowest BCUT2D eigenvalue weighted by atomic mass is 10.0. The molecule has 3 heteroatoms. The SMILES string of the molecule is Cc1ccc(-c2cc(C(N)C(C)C)[nH]n2)cc1. The van der Waals surface area contributed by atoms with E-state index in [0.717, 1.165) is 17.0 Å². The van der Waals surface area contributed by atoms with E-state index in [-0.39, 0.29) is 6.04 Å². The summed E-state index contributed by atoms with van der Waals surface area (Å²) >= 11 is 0. The van der Waals surface area contributed by atoms with E-state index in [9.17, 15) is 0 Å². The lowest BCUT2D eigenvalue weighted by Crippen LogP contribution is -2.16. The number of nitrogens with one attached hydrogen (secondary N) is 1. The molecule has 0 spiro atoms. The predicted octanol–water partition coefficient (Wildman–Crippen LogP) is 3.04. The van der Waals surface area contributed by atoms with Crippen molar-refractivity contribution in [3.05, 3.63) is 41.6 Å². The summed E-state index contributed by atoms with van der Waals surface area (Å²) < 4.78 is 0. The Balaban J connectivity index is 2.26. The summed E-state index contributed by atoms with van der Waals surface area (Å²) in [6.45, 7) is 6.29. The van der Waals surface area contributed by atoms with Crippen LogP contribution in [0.15, 0.2) is 30.3 Å². The standard InChI is InChI=1S/C14H19N3/c1-9(2)14(15)13-8-12(16-17-13)11-6-4-10(3)5-7-11/h4-9,14H,15H2,1-3H3,(H,16,17). The Morgan fingerprint density at radius 1 is 1.18 bits per heavy atom. The van der Waals surface area contributed by atoms with Crippen LogP contribution in [0.25, 0.3) is 11.3 Å². The lowest BCUT2D eigenvalue weighted by Gasteiger charge is -2.12. The molecule has 17 heavy (non-hydrogen) atoms. The van der Waals surface area contributed by atoms with Crippen LogP contribution in [0.4, 0.5) is 0 Å². The number of aromatic nitrogens is 2. The van der Waals surface area contributed by atoms with E-state index in [1.54, 1.807) is 0 Å². The smallest absolute Gasteiger partial charge is 0.0924 e. The van der Waals surface area contributed by atoms with Crippen molar-refractivity contribution in [2.75, 3.05) is 0 Å². The highest BCUT2D eigenvalue weighted by Crippen LogP contribution is 2.23. The largest absolute Gasteiger partial charge is 0.322 e. The Morgan fingerprint density at radius 2 is 1.82 bits per heavy atom. The van der Waals surface area contributed by atoms with E-state index in [1.165, 1.54) is 5.56 Å². The van der Waals surface area contributed by atoms with Gasteiger partial charge in [-0.05, 0) is 18.9 Å². The average Bonchev–Trinajstić information content (AvgIpc) is 2.78. The summed E-state index contributed by atoms with van der Waals surface area (Å²) in [4.78, 5) is 0. The van der Waals surface area contributed by atoms with Crippen LogP contribution >= 0.6 is 0 Å². The van der Waals surface area contributed by atoms with Gasteiger partial charge in [0, 0.05) is 11.6 Å². The van der Waals surface area contributed by atoms with Crippen LogP contribution in [0.2, 0.25) is 0 Å². The second kappa shape index (κ2) is 4.72. The molecule has 1 atom stereocenters. The number of nitrogens with zero attached hydrogens (tertiary/aromatic N) is 1. The molecule has 1 aromatic heterocycles. The Bertz CT molecular complexity index is 482. The fourth-order valence-electron chi connectivity index (χ4n) is 1.74. The molecule has 0 aliphatic carbocycles. The second-order valence-corrected chi connectivity index (χ2v) is 4.84. The van der Waals surface area contributed by atoms with Crippen molar-refractivity contribution in [1.82, 2.24) is 10.2 Å². The van der Waals surface area contributed by atoms with Gasteiger partial charge in [0.25, 0.3) is 0 Å². The molecule has 2 rings (SSSR count). The van der Waals surface area contributed by atoms with Crippen LogP contribution < -0.4 is 5.73 Å². The topological polar surface area (TPSA) is 54.7 Å². The van der Waals surface area contributed by atoms with Crippen molar-refractivity contribution in [2.24, 2.45) is 11.7 Å². The Kier molecular flexibility index (Phi) is 3.29. The fourth-order valence-corrected chi connectivity index (χ4v) is 1.74. The number of hydrogen-bond donors (Lipinski definition) is 2. The number of aromatic amines is 1. The normalized spacial score (nSPS) is 13.0. The Labute approximate surface area is 102 Å². The third kappa shape index (κ3) is 2.56. The summed E-state index contributed by atoms with van der Waals surface area (Å²) in [6.07, 6.45) is 0. The molecule has 0 bridgehead atoms. The van der Waals surface area contributed by atoms with E-state index in [1.807, 2.05) is 6.07 Å². The number of nitrogens with two attached hydrogens (primary N) is 1. The third-order valence-corrected chi connectivity index (χ3v) is 3.02. The Morgan fingerprint density at radius 3 is 2.41 bits per heavy atom. The minimum Gasteiger partial charge on any atom is -0.322 e. The van der Waals surface area contributed by atoms with Gasteiger partial charge in [0.05, 0.1) is 11.4 Å². The zero-order chi connectivity index (χ0) is 12.4. The van der Waals surface area contributed by atoms with Crippen molar-refractivity contribution in [3.8, 4) is 11.3 Å². The van der Waals surface area contributed by atoms with Crippen molar-refractivity contribution in [2.45, 2.75) is 26.8 Å². The fraction of sp³-hybridized carbons (Fsp3) is 0.357. The summed E-state index contributed by atoms with van der Waals surface area (Å²) in [7, 11) is 0. The van der Waals surface area contributed by atoms with Gasteiger partial charge in [0.1, 0.15) is 0 Å². The molecule has 0 aliphatic heterocycles. The third-order valence-electron chi connectivity index (χ3n) is 3.02. The minimum atomic E-state index is 0.0155. The van der Waals surface area contributed by atoms with Gasteiger partial charge in [-0.2, -0.15) is 5.10 Å². The molecule has 0 saturated carbocycles. The van der Waals surface area contributed by atoms with E-state index >= 15 is 0 Å². The molecule has 1 aromatic carbocycles. The molecule has 3 nitrogen and oxygen atoms in total. The summed E-state index contributed by atoms with van der Waals surface area (Å²) in [5.41, 5.74) is 10.4. The molecule has 2 aromatic rings. The number of aryl methyl sites for hydroxylation is 1. The maximum atomic E-state index is 6.08. The van der Waals surface area contributed by atoms with Gasteiger partial charge in [-0.15, -0.1) is 0 Å². The molecule has 1 heterocycles. The molecular weight excluding hydrogens is 210 g/mol. The van der Waals surface area contributed by atoms with Gasteiger partial charge in [-0.1, -0.05) is 43.7 Å². The van der Waals surface area contributed by atoms with E-state index in [0.29, 0.717) is 5.92 Å². The quantitative estimate of drug-likeness (QED) is 0.850. The van der Waals surface area contributed by atoms with Crippen molar-refractivity contribution < 1.29 is 0 Å². The zero-order valence-corrected chi connectivity index (χ0v) is 10.6. The van der Waals surface area contributed by atoms with Gasteiger partial charge in [-0.25, -0.2) is 0 Å². The molecule has 0 saturated heterocycles. The molecule has 0 fully saturated rings. The molecule has 0 amide bonds. The molecular formula is C14H19N3. The van der Waals surface area contributed by atoms with Crippen LogP contribution in [0.1, 0.15) is 31.1 Å². The van der Waals surface area contributed by atoms with Crippen LogP contribution in [-0.4, -0.2) is 10.2 Å². The highest BCUT2D eigenvalue weighted by molar-refractivity contribution is 5.59. The van der Waals surface area contributed by atoms with Gasteiger partial charge in [-0.3, -0.25) is 5.10 Å². The monoisotopic (exact) mass is 229 g/mol. The van der Waals surface area contributed by atoms with Crippen LogP contribution in [0.3, 0.4) is 0 Å². The van der Waals surface area contributed by atoms with Gasteiger partial charge >= 0.3 is 0 Å². The van der Waals surface area contributed by atoms with E-state index < -0.39 is 0 Å². The van der Waals surface area contributed by atoms with Gasteiger partial charge in [0.15, 0.2) is 0 Å². The van der Waals surface area contributed by atoms with E-state index in [4.69, 9.17) is 5.73 Å². The maximum absolute atomic E-state index is 6.08. The molecule has 3 N–H and O–H groups in total. The average molecular weight is 229 g/mol. The number of benzene rings is 1. The maximum Gasteiger partial charge on any atom is 0.0924 e. The van der Waals surface area contributed by atoms with E-state index in [2.05, 4.69) is 55.2 Å². The van der Waals surface area contributed by atoms with Gasteiger partial charge < -0.3 is 5.73 Å². The summed E-state index contributed by atoms with van der Waals surface area (Å²) in [5.74, 6) is 0.404. The first-order chi connectivity index (χ1) is 8.08. The first kappa shape index (κ1) is 11.9. The highest BCUT2D eigenvalue weighted by Gasteiger charge is 2.13. The summed E-state index contributed by atoms with van der Waals surface area (Å²) in [6, 6.07) is 10.4. The predicted molar refractivity (Wildman–Crippen MR) is 70.5 cm³/mol.